The first-order valence-corrected chi connectivity index (χ1v) is 9.51. The lowest BCUT2D eigenvalue weighted by molar-refractivity contribution is -0.141. The molecule has 1 aliphatic heterocycles. The third-order valence-corrected chi connectivity index (χ3v) is 5.43. The molecule has 1 aromatic rings. The van der Waals surface area contributed by atoms with Crippen LogP contribution in [-0.4, -0.2) is 57.2 Å². The van der Waals surface area contributed by atoms with Gasteiger partial charge in [0.05, 0.1) is 33.1 Å². The second-order valence-corrected chi connectivity index (χ2v) is 7.04. The lowest BCUT2D eigenvalue weighted by Crippen LogP contribution is -2.44. The van der Waals surface area contributed by atoms with Crippen LogP contribution in [0.4, 0.5) is 5.69 Å². The van der Waals surface area contributed by atoms with Crippen LogP contribution in [0.15, 0.2) is 18.2 Å². The van der Waals surface area contributed by atoms with Gasteiger partial charge < -0.3 is 24.4 Å². The molecule has 1 saturated carbocycles. The molecule has 0 unspecified atom stereocenters. The van der Waals surface area contributed by atoms with Gasteiger partial charge >= 0.3 is 0 Å². The van der Waals surface area contributed by atoms with Gasteiger partial charge in [-0.2, -0.15) is 0 Å². The normalized spacial score (nSPS) is 22.8. The van der Waals surface area contributed by atoms with E-state index >= 15 is 0 Å². The van der Waals surface area contributed by atoms with Gasteiger partial charge in [-0.15, -0.1) is 0 Å². The first-order chi connectivity index (χ1) is 13.1. The molecule has 2 amide bonds. The van der Waals surface area contributed by atoms with E-state index in [9.17, 15) is 9.59 Å². The Labute approximate surface area is 160 Å². The van der Waals surface area contributed by atoms with Crippen molar-refractivity contribution in [2.75, 3.05) is 45.8 Å². The summed E-state index contributed by atoms with van der Waals surface area (Å²) >= 11 is 0. The van der Waals surface area contributed by atoms with E-state index in [1.165, 1.54) is 0 Å². The number of nitrogens with zero attached hydrogens (tertiary/aromatic N) is 1. The molecular weight excluding hydrogens is 348 g/mol. The van der Waals surface area contributed by atoms with Gasteiger partial charge in [0.25, 0.3) is 0 Å². The van der Waals surface area contributed by atoms with E-state index in [0.717, 1.165) is 25.7 Å². The summed E-state index contributed by atoms with van der Waals surface area (Å²) in [6.07, 6.45) is 2.95. The zero-order valence-corrected chi connectivity index (χ0v) is 16.0. The smallest absolute Gasteiger partial charge is 0.227 e. The molecule has 1 heterocycles. The zero-order chi connectivity index (χ0) is 19.2. The predicted octanol–water partition coefficient (Wildman–Crippen LogP) is 2.31. The van der Waals surface area contributed by atoms with Gasteiger partial charge in [0.2, 0.25) is 11.8 Å². The molecule has 0 bridgehead atoms. The molecule has 7 nitrogen and oxygen atoms in total. The lowest BCUT2D eigenvalue weighted by Gasteiger charge is -2.33. The second kappa shape index (κ2) is 9.08. The summed E-state index contributed by atoms with van der Waals surface area (Å²) in [6.45, 7) is 2.58. The number of anilines is 1. The standard InChI is InChI=1S/C20H28N2O5/c1-25-16-7-8-18(26-2)17(13-16)21-19(23)14-3-5-15(6-4-14)20(24)22-9-11-27-12-10-22/h7-8,13-15H,3-6,9-12H2,1-2H3,(H,21,23). The van der Waals surface area contributed by atoms with E-state index in [-0.39, 0.29) is 23.7 Å². The Balaban J connectivity index is 1.55. The molecule has 148 valence electrons. The van der Waals surface area contributed by atoms with Crippen LogP contribution in [-0.2, 0) is 14.3 Å². The quantitative estimate of drug-likeness (QED) is 0.853. The summed E-state index contributed by atoms with van der Waals surface area (Å²) in [5.74, 6) is 1.38. The minimum Gasteiger partial charge on any atom is -0.497 e. The summed E-state index contributed by atoms with van der Waals surface area (Å²) in [5, 5.41) is 2.96. The SMILES string of the molecule is COc1ccc(OC)c(NC(=O)C2CCC(C(=O)N3CCOCC3)CC2)c1. The van der Waals surface area contributed by atoms with Crippen molar-refractivity contribution in [3.05, 3.63) is 18.2 Å². The molecule has 7 heteroatoms. The molecule has 0 radical (unpaired) electrons. The first kappa shape index (κ1) is 19.5. The molecule has 0 spiro atoms. The molecular formula is C20H28N2O5. The number of carbonyl (C=O) groups excluding carboxylic acids is 2. The number of benzene rings is 1. The monoisotopic (exact) mass is 376 g/mol. The Kier molecular flexibility index (Phi) is 6.55. The topological polar surface area (TPSA) is 77.1 Å². The Hall–Kier alpha value is -2.28. The van der Waals surface area contributed by atoms with E-state index in [0.29, 0.717) is 43.5 Å². The van der Waals surface area contributed by atoms with Crippen LogP contribution in [0.25, 0.3) is 0 Å². The molecule has 1 aliphatic carbocycles. The molecule has 0 atom stereocenters. The van der Waals surface area contributed by atoms with E-state index in [1.807, 2.05) is 4.90 Å². The molecule has 1 N–H and O–H groups in total. The highest BCUT2D eigenvalue weighted by atomic mass is 16.5. The van der Waals surface area contributed by atoms with Crippen molar-refractivity contribution in [1.29, 1.82) is 0 Å². The van der Waals surface area contributed by atoms with Crippen molar-refractivity contribution in [2.24, 2.45) is 11.8 Å². The minimum absolute atomic E-state index is 0.0264. The number of nitrogens with one attached hydrogen (secondary N) is 1. The van der Waals surface area contributed by atoms with Gasteiger partial charge in [0.15, 0.2) is 0 Å². The van der Waals surface area contributed by atoms with Crippen molar-refractivity contribution in [2.45, 2.75) is 25.7 Å². The maximum atomic E-state index is 12.7. The summed E-state index contributed by atoms with van der Waals surface area (Å²) in [4.78, 5) is 27.2. The van der Waals surface area contributed by atoms with Gasteiger partial charge in [-0.05, 0) is 37.8 Å². The van der Waals surface area contributed by atoms with Crippen LogP contribution in [0.2, 0.25) is 0 Å². The van der Waals surface area contributed by atoms with Gasteiger partial charge in [-0.3, -0.25) is 9.59 Å². The molecule has 1 aromatic carbocycles. The van der Waals surface area contributed by atoms with Crippen molar-refractivity contribution >= 4 is 17.5 Å². The highest BCUT2D eigenvalue weighted by molar-refractivity contribution is 5.94. The maximum absolute atomic E-state index is 12.7. The van der Waals surface area contributed by atoms with E-state index in [4.69, 9.17) is 14.2 Å². The van der Waals surface area contributed by atoms with E-state index in [1.54, 1.807) is 32.4 Å². The fourth-order valence-electron chi connectivity index (χ4n) is 3.79. The molecule has 3 rings (SSSR count). The van der Waals surface area contributed by atoms with Gasteiger partial charge in [0, 0.05) is 31.0 Å². The molecule has 1 saturated heterocycles. The number of methoxy groups -OCH3 is 2. The van der Waals surface area contributed by atoms with Crippen LogP contribution in [0, 0.1) is 11.8 Å². The van der Waals surface area contributed by atoms with Gasteiger partial charge in [-0.1, -0.05) is 0 Å². The number of carbonyl (C=O) groups is 2. The largest absolute Gasteiger partial charge is 0.497 e. The molecule has 27 heavy (non-hydrogen) atoms. The Morgan fingerprint density at radius 1 is 1.04 bits per heavy atom. The van der Waals surface area contributed by atoms with Crippen LogP contribution in [0.5, 0.6) is 11.5 Å². The number of rotatable bonds is 5. The lowest BCUT2D eigenvalue weighted by atomic mass is 9.81. The first-order valence-electron chi connectivity index (χ1n) is 9.51. The van der Waals surface area contributed by atoms with Gasteiger partial charge in [0.1, 0.15) is 11.5 Å². The minimum atomic E-state index is -0.0883. The molecule has 2 aliphatic rings. The third kappa shape index (κ3) is 4.71. The number of ether oxygens (including phenoxy) is 3. The van der Waals surface area contributed by atoms with E-state index in [2.05, 4.69) is 5.32 Å². The van der Waals surface area contributed by atoms with E-state index < -0.39 is 0 Å². The number of hydrogen-bond donors (Lipinski definition) is 1. The third-order valence-electron chi connectivity index (χ3n) is 5.43. The van der Waals surface area contributed by atoms with Crippen LogP contribution in [0.1, 0.15) is 25.7 Å². The predicted molar refractivity (Wildman–Crippen MR) is 101 cm³/mol. The van der Waals surface area contributed by atoms with Crippen LogP contribution >= 0.6 is 0 Å². The fraction of sp³-hybridized carbons (Fsp3) is 0.600. The number of hydrogen-bond acceptors (Lipinski definition) is 5. The summed E-state index contributed by atoms with van der Waals surface area (Å²) in [6, 6.07) is 5.31. The average Bonchev–Trinajstić information content (AvgIpc) is 2.73. The number of amides is 2. The fourth-order valence-corrected chi connectivity index (χ4v) is 3.79. The van der Waals surface area contributed by atoms with Crippen molar-refractivity contribution in [1.82, 2.24) is 4.90 Å². The van der Waals surface area contributed by atoms with Crippen molar-refractivity contribution in [3.63, 3.8) is 0 Å². The Morgan fingerprint density at radius 3 is 2.33 bits per heavy atom. The summed E-state index contributed by atoms with van der Waals surface area (Å²) in [5.41, 5.74) is 0.605. The van der Waals surface area contributed by atoms with Gasteiger partial charge in [-0.25, -0.2) is 0 Å². The summed E-state index contributed by atoms with van der Waals surface area (Å²) in [7, 11) is 3.15. The van der Waals surface area contributed by atoms with Crippen LogP contribution < -0.4 is 14.8 Å². The molecule has 0 aromatic heterocycles. The Bertz CT molecular complexity index is 664. The number of morpholine rings is 1. The highest BCUT2D eigenvalue weighted by Gasteiger charge is 2.32. The van der Waals surface area contributed by atoms with Crippen LogP contribution in [0.3, 0.4) is 0 Å². The van der Waals surface area contributed by atoms with Crippen molar-refractivity contribution in [3.8, 4) is 11.5 Å². The van der Waals surface area contributed by atoms with Crippen molar-refractivity contribution < 1.29 is 23.8 Å². The average molecular weight is 376 g/mol. The molecule has 2 fully saturated rings. The Morgan fingerprint density at radius 2 is 1.70 bits per heavy atom. The summed E-state index contributed by atoms with van der Waals surface area (Å²) < 4.78 is 15.9. The second-order valence-electron chi connectivity index (χ2n) is 7.04. The highest BCUT2D eigenvalue weighted by Crippen LogP contribution is 2.33. The maximum Gasteiger partial charge on any atom is 0.227 e. The zero-order valence-electron chi connectivity index (χ0n) is 16.0.